The van der Waals surface area contributed by atoms with Crippen LogP contribution in [-0.4, -0.2) is 22.8 Å². The molecule has 2 aromatic carbocycles. The third kappa shape index (κ3) is 4.14. The molecule has 1 amide bonds. The van der Waals surface area contributed by atoms with Gasteiger partial charge >= 0.3 is 6.18 Å². The van der Waals surface area contributed by atoms with Crippen molar-refractivity contribution in [2.45, 2.75) is 19.1 Å². The van der Waals surface area contributed by atoms with Gasteiger partial charge in [-0.3, -0.25) is 14.9 Å². The molecule has 132 valence electrons. The first-order chi connectivity index (χ1) is 11.6. The first-order valence-corrected chi connectivity index (χ1v) is 7.30. The van der Waals surface area contributed by atoms with Crippen LogP contribution >= 0.6 is 0 Å². The predicted octanol–water partition coefficient (Wildman–Crippen LogP) is 4.45. The molecule has 0 aliphatic carbocycles. The fourth-order valence-electron chi connectivity index (χ4n) is 2.30. The van der Waals surface area contributed by atoms with E-state index in [2.05, 4.69) is 0 Å². The van der Waals surface area contributed by atoms with E-state index in [0.717, 1.165) is 24.3 Å². The van der Waals surface area contributed by atoms with Gasteiger partial charge in [-0.2, -0.15) is 13.2 Å². The van der Waals surface area contributed by atoms with Crippen LogP contribution in [0.25, 0.3) is 0 Å². The van der Waals surface area contributed by atoms with E-state index >= 15 is 0 Å². The van der Waals surface area contributed by atoms with Gasteiger partial charge in [-0.05, 0) is 36.8 Å². The Bertz CT molecular complexity index is 788. The summed E-state index contributed by atoms with van der Waals surface area (Å²) in [5.74, 6) is -0.479. The SMILES string of the molecule is CC(c1cccc([N+](=O)[O-])c1)N(C)C(=O)c1ccc(C(F)(F)F)cc1. The summed E-state index contributed by atoms with van der Waals surface area (Å²) in [7, 11) is 1.49. The normalized spacial score (nSPS) is 12.5. The number of carbonyl (C=O) groups is 1. The van der Waals surface area contributed by atoms with E-state index in [1.54, 1.807) is 13.0 Å². The van der Waals surface area contributed by atoms with Crippen LogP contribution in [0, 0.1) is 10.1 Å². The largest absolute Gasteiger partial charge is 0.416 e. The number of non-ortho nitro benzene ring substituents is 1. The lowest BCUT2D eigenvalue weighted by Crippen LogP contribution is -2.29. The maximum Gasteiger partial charge on any atom is 0.416 e. The van der Waals surface area contributed by atoms with Gasteiger partial charge in [0, 0.05) is 24.7 Å². The molecular formula is C17H15F3N2O3. The van der Waals surface area contributed by atoms with Crippen LogP contribution in [0.2, 0.25) is 0 Å². The molecule has 0 aliphatic rings. The number of nitro benzene ring substituents is 1. The fourth-order valence-corrected chi connectivity index (χ4v) is 2.30. The lowest BCUT2D eigenvalue weighted by Gasteiger charge is -2.25. The molecule has 2 rings (SSSR count). The van der Waals surface area contributed by atoms with Crippen LogP contribution in [0.1, 0.15) is 34.5 Å². The van der Waals surface area contributed by atoms with Crippen molar-refractivity contribution in [1.82, 2.24) is 4.90 Å². The predicted molar refractivity (Wildman–Crippen MR) is 85.0 cm³/mol. The highest BCUT2D eigenvalue weighted by Gasteiger charge is 2.30. The van der Waals surface area contributed by atoms with Crippen LogP contribution in [0.5, 0.6) is 0 Å². The second kappa shape index (κ2) is 6.92. The number of carbonyl (C=O) groups excluding carboxylic acids is 1. The maximum absolute atomic E-state index is 12.6. The van der Waals surface area contributed by atoms with E-state index in [9.17, 15) is 28.1 Å². The molecule has 0 saturated carbocycles. The van der Waals surface area contributed by atoms with Crippen molar-refractivity contribution in [3.8, 4) is 0 Å². The highest BCUT2D eigenvalue weighted by Crippen LogP contribution is 2.30. The average Bonchev–Trinajstić information content (AvgIpc) is 2.59. The Morgan fingerprint density at radius 1 is 1.16 bits per heavy atom. The van der Waals surface area contributed by atoms with Gasteiger partial charge in [0.05, 0.1) is 16.5 Å². The number of hydrogen-bond acceptors (Lipinski definition) is 3. The van der Waals surface area contributed by atoms with Crippen LogP contribution in [0.4, 0.5) is 18.9 Å². The summed E-state index contributed by atoms with van der Waals surface area (Å²) in [5, 5.41) is 10.8. The summed E-state index contributed by atoms with van der Waals surface area (Å²) in [4.78, 5) is 24.1. The lowest BCUT2D eigenvalue weighted by molar-refractivity contribution is -0.384. The summed E-state index contributed by atoms with van der Waals surface area (Å²) >= 11 is 0. The van der Waals surface area contributed by atoms with Gasteiger partial charge in [0.15, 0.2) is 0 Å². The van der Waals surface area contributed by atoms with E-state index in [-0.39, 0.29) is 11.3 Å². The number of benzene rings is 2. The topological polar surface area (TPSA) is 63.5 Å². The molecule has 0 aliphatic heterocycles. The fraction of sp³-hybridized carbons (Fsp3) is 0.235. The number of alkyl halides is 3. The Hall–Kier alpha value is -2.90. The zero-order valence-electron chi connectivity index (χ0n) is 13.4. The molecule has 0 saturated heterocycles. The molecule has 2 aromatic rings. The third-order valence-corrected chi connectivity index (χ3v) is 3.92. The summed E-state index contributed by atoms with van der Waals surface area (Å²) in [5.41, 5.74) is -0.275. The van der Waals surface area contributed by atoms with Crippen LogP contribution < -0.4 is 0 Å². The minimum Gasteiger partial charge on any atom is -0.335 e. The number of amides is 1. The Labute approximate surface area is 141 Å². The number of hydrogen-bond donors (Lipinski definition) is 0. The first-order valence-electron chi connectivity index (χ1n) is 7.30. The van der Waals surface area contributed by atoms with Gasteiger partial charge in [-0.15, -0.1) is 0 Å². The lowest BCUT2D eigenvalue weighted by atomic mass is 10.0. The second-order valence-electron chi connectivity index (χ2n) is 5.52. The smallest absolute Gasteiger partial charge is 0.335 e. The van der Waals surface area contributed by atoms with Gasteiger partial charge in [-0.1, -0.05) is 12.1 Å². The Balaban J connectivity index is 2.21. The monoisotopic (exact) mass is 352 g/mol. The average molecular weight is 352 g/mol. The second-order valence-corrected chi connectivity index (χ2v) is 5.52. The number of nitrogens with zero attached hydrogens (tertiary/aromatic N) is 2. The number of rotatable bonds is 4. The summed E-state index contributed by atoms with van der Waals surface area (Å²) in [6.45, 7) is 1.68. The summed E-state index contributed by atoms with van der Waals surface area (Å²) < 4.78 is 37.7. The molecule has 8 heteroatoms. The van der Waals surface area contributed by atoms with E-state index < -0.39 is 28.6 Å². The molecule has 0 fully saturated rings. The van der Waals surface area contributed by atoms with E-state index in [1.165, 1.54) is 30.1 Å². The number of nitro groups is 1. The highest BCUT2D eigenvalue weighted by atomic mass is 19.4. The van der Waals surface area contributed by atoms with Crippen molar-refractivity contribution < 1.29 is 22.9 Å². The van der Waals surface area contributed by atoms with Crippen molar-refractivity contribution in [3.63, 3.8) is 0 Å². The van der Waals surface area contributed by atoms with Crippen LogP contribution in [0.3, 0.4) is 0 Å². The minimum absolute atomic E-state index is 0.0975. The molecule has 1 unspecified atom stereocenters. The van der Waals surface area contributed by atoms with Crippen molar-refractivity contribution in [2.24, 2.45) is 0 Å². The first kappa shape index (κ1) is 18.4. The molecule has 5 nitrogen and oxygen atoms in total. The molecule has 0 spiro atoms. The van der Waals surface area contributed by atoms with Gasteiger partial charge < -0.3 is 4.90 Å². The van der Waals surface area contributed by atoms with Crippen LogP contribution in [-0.2, 0) is 6.18 Å². The van der Waals surface area contributed by atoms with Crippen LogP contribution in [0.15, 0.2) is 48.5 Å². The molecule has 0 N–H and O–H groups in total. The number of halogens is 3. The van der Waals surface area contributed by atoms with Crippen molar-refractivity contribution in [2.75, 3.05) is 7.05 Å². The Morgan fingerprint density at radius 2 is 1.76 bits per heavy atom. The molecule has 0 radical (unpaired) electrons. The van der Waals surface area contributed by atoms with Crippen molar-refractivity contribution in [3.05, 3.63) is 75.3 Å². The third-order valence-electron chi connectivity index (χ3n) is 3.92. The molecule has 0 aromatic heterocycles. The minimum atomic E-state index is -4.47. The highest BCUT2D eigenvalue weighted by molar-refractivity contribution is 5.94. The summed E-state index contributed by atoms with van der Waals surface area (Å²) in [6, 6.07) is 9.29. The van der Waals surface area contributed by atoms with Gasteiger partial charge in [0.1, 0.15) is 0 Å². The zero-order chi connectivity index (χ0) is 18.8. The molecular weight excluding hydrogens is 337 g/mol. The molecule has 0 bridgehead atoms. The van der Waals surface area contributed by atoms with E-state index in [0.29, 0.717) is 5.56 Å². The van der Waals surface area contributed by atoms with Crippen molar-refractivity contribution in [1.29, 1.82) is 0 Å². The summed E-state index contributed by atoms with van der Waals surface area (Å²) in [6.07, 6.45) is -4.47. The van der Waals surface area contributed by atoms with Gasteiger partial charge in [0.25, 0.3) is 11.6 Å². The van der Waals surface area contributed by atoms with Gasteiger partial charge in [0.2, 0.25) is 0 Å². The van der Waals surface area contributed by atoms with E-state index in [4.69, 9.17) is 0 Å². The molecule has 0 heterocycles. The standard InChI is InChI=1S/C17H15F3N2O3/c1-11(13-4-3-5-15(10-13)22(24)25)21(2)16(23)12-6-8-14(9-7-12)17(18,19)20/h3-11H,1-2H3. The Morgan fingerprint density at radius 3 is 2.28 bits per heavy atom. The van der Waals surface area contributed by atoms with E-state index in [1.807, 2.05) is 0 Å². The quantitative estimate of drug-likeness (QED) is 0.603. The zero-order valence-corrected chi connectivity index (χ0v) is 13.4. The van der Waals surface area contributed by atoms with Crippen molar-refractivity contribution >= 4 is 11.6 Å². The Kier molecular flexibility index (Phi) is 5.10. The molecule has 1 atom stereocenters. The molecule has 25 heavy (non-hydrogen) atoms. The maximum atomic E-state index is 12.6. The van der Waals surface area contributed by atoms with Gasteiger partial charge in [-0.25, -0.2) is 0 Å².